The summed E-state index contributed by atoms with van der Waals surface area (Å²) in [6, 6.07) is 9.55. The third-order valence-electron chi connectivity index (χ3n) is 5.68. The summed E-state index contributed by atoms with van der Waals surface area (Å²) in [5, 5.41) is 2.99. The molecule has 1 aromatic carbocycles. The summed E-state index contributed by atoms with van der Waals surface area (Å²) in [5.74, 6) is 0.801. The maximum atomic E-state index is 12.7. The van der Waals surface area contributed by atoms with Crippen molar-refractivity contribution in [3.63, 3.8) is 0 Å². The van der Waals surface area contributed by atoms with Gasteiger partial charge in [-0.15, -0.1) is 0 Å². The van der Waals surface area contributed by atoms with E-state index in [2.05, 4.69) is 5.32 Å². The van der Waals surface area contributed by atoms with E-state index in [0.29, 0.717) is 31.8 Å². The molecule has 0 aliphatic carbocycles. The van der Waals surface area contributed by atoms with Gasteiger partial charge in [0.15, 0.2) is 9.84 Å². The van der Waals surface area contributed by atoms with Crippen LogP contribution in [0.3, 0.4) is 0 Å². The number of nitrogens with zero attached hydrogens (tertiary/aromatic N) is 1. The Balaban J connectivity index is 1.41. The molecule has 2 saturated heterocycles. The standard InChI is InChI=1S/C20H30N2O4S/c23-20(26-16-18-4-2-1-3-5-18)22-13-8-19(9-14-22)27(24,25)15-10-17-6-11-21-12-7-17/h1-5,17,19,21H,6-16H2. The molecular weight excluding hydrogens is 364 g/mol. The van der Waals surface area contributed by atoms with Crippen molar-refractivity contribution in [3.8, 4) is 0 Å². The molecule has 7 heteroatoms. The van der Waals surface area contributed by atoms with E-state index in [-0.39, 0.29) is 23.7 Å². The van der Waals surface area contributed by atoms with Crippen LogP contribution in [0.5, 0.6) is 0 Å². The molecule has 1 N–H and O–H groups in total. The third kappa shape index (κ3) is 5.94. The minimum absolute atomic E-state index is 0.244. The van der Waals surface area contributed by atoms with Crippen molar-refractivity contribution >= 4 is 15.9 Å². The second-order valence-corrected chi connectivity index (χ2v) is 9.98. The Morgan fingerprint density at radius 2 is 1.74 bits per heavy atom. The number of hydrogen-bond acceptors (Lipinski definition) is 5. The number of benzene rings is 1. The van der Waals surface area contributed by atoms with Gasteiger partial charge in [0.2, 0.25) is 0 Å². The summed E-state index contributed by atoms with van der Waals surface area (Å²) in [6.07, 6.45) is 3.57. The van der Waals surface area contributed by atoms with Crippen LogP contribution in [0.1, 0.15) is 37.7 Å². The molecule has 0 radical (unpaired) electrons. The predicted molar refractivity (Wildman–Crippen MR) is 105 cm³/mol. The van der Waals surface area contributed by atoms with Crippen molar-refractivity contribution in [3.05, 3.63) is 35.9 Å². The highest BCUT2D eigenvalue weighted by molar-refractivity contribution is 7.92. The van der Waals surface area contributed by atoms with E-state index in [9.17, 15) is 13.2 Å². The number of amides is 1. The molecule has 0 aromatic heterocycles. The van der Waals surface area contributed by atoms with E-state index in [1.807, 2.05) is 30.3 Å². The Labute approximate surface area is 162 Å². The van der Waals surface area contributed by atoms with Gasteiger partial charge in [-0.05, 0) is 56.7 Å². The molecule has 150 valence electrons. The molecule has 6 nitrogen and oxygen atoms in total. The smallest absolute Gasteiger partial charge is 0.410 e. The van der Waals surface area contributed by atoms with Crippen LogP contribution in [0.15, 0.2) is 30.3 Å². The van der Waals surface area contributed by atoms with Crippen LogP contribution in [0.2, 0.25) is 0 Å². The Hall–Kier alpha value is -1.60. The molecule has 2 fully saturated rings. The number of ether oxygens (including phenoxy) is 1. The third-order valence-corrected chi connectivity index (χ3v) is 7.97. The zero-order valence-corrected chi connectivity index (χ0v) is 16.6. The first kappa shape index (κ1) is 20.1. The van der Waals surface area contributed by atoms with Crippen molar-refractivity contribution in [1.29, 1.82) is 0 Å². The second kappa shape index (κ2) is 9.55. The number of carbonyl (C=O) groups excluding carboxylic acids is 1. The Kier molecular flexibility index (Phi) is 7.13. The van der Waals surface area contributed by atoms with Crippen LogP contribution in [0, 0.1) is 5.92 Å². The molecular formula is C20H30N2O4S. The summed E-state index contributed by atoms with van der Waals surface area (Å²) >= 11 is 0. The van der Waals surface area contributed by atoms with Gasteiger partial charge in [0.25, 0.3) is 0 Å². The first-order valence-electron chi connectivity index (χ1n) is 9.92. The van der Waals surface area contributed by atoms with Gasteiger partial charge >= 0.3 is 6.09 Å². The number of likely N-dealkylation sites (tertiary alicyclic amines) is 1. The van der Waals surface area contributed by atoms with Crippen molar-refractivity contribution in [2.24, 2.45) is 5.92 Å². The van der Waals surface area contributed by atoms with E-state index in [4.69, 9.17) is 4.74 Å². The second-order valence-electron chi connectivity index (χ2n) is 7.58. The van der Waals surface area contributed by atoms with E-state index >= 15 is 0 Å². The van der Waals surface area contributed by atoms with Crippen LogP contribution in [0.25, 0.3) is 0 Å². The van der Waals surface area contributed by atoms with Gasteiger partial charge < -0.3 is 15.0 Å². The Morgan fingerprint density at radius 1 is 1.07 bits per heavy atom. The van der Waals surface area contributed by atoms with Gasteiger partial charge in [0, 0.05) is 13.1 Å². The molecule has 2 aliphatic rings. The zero-order chi connectivity index (χ0) is 19.1. The lowest BCUT2D eigenvalue weighted by Crippen LogP contribution is -2.43. The van der Waals surface area contributed by atoms with Gasteiger partial charge in [0.1, 0.15) is 6.61 Å². The molecule has 0 atom stereocenters. The van der Waals surface area contributed by atoms with Crippen LogP contribution >= 0.6 is 0 Å². The molecule has 0 saturated carbocycles. The molecule has 1 amide bonds. The highest BCUT2D eigenvalue weighted by Crippen LogP contribution is 2.23. The predicted octanol–water partition coefficient (Wildman–Crippen LogP) is 2.59. The average Bonchev–Trinajstić information content (AvgIpc) is 2.72. The van der Waals surface area contributed by atoms with Crippen LogP contribution in [-0.2, 0) is 21.2 Å². The number of hydrogen-bond donors (Lipinski definition) is 1. The number of piperidine rings is 2. The Morgan fingerprint density at radius 3 is 2.41 bits per heavy atom. The van der Waals surface area contributed by atoms with E-state index in [1.165, 1.54) is 0 Å². The summed E-state index contributed by atoms with van der Waals surface area (Å²) in [7, 11) is -3.09. The first-order valence-corrected chi connectivity index (χ1v) is 11.6. The van der Waals surface area contributed by atoms with Gasteiger partial charge in [-0.3, -0.25) is 0 Å². The number of rotatable bonds is 6. The monoisotopic (exact) mass is 394 g/mol. The van der Waals surface area contributed by atoms with Crippen molar-refractivity contribution in [2.75, 3.05) is 31.9 Å². The quantitative estimate of drug-likeness (QED) is 0.803. The molecule has 0 unspecified atom stereocenters. The number of nitrogens with one attached hydrogen (secondary N) is 1. The van der Waals surface area contributed by atoms with Crippen LogP contribution in [-0.4, -0.2) is 56.6 Å². The highest BCUT2D eigenvalue weighted by atomic mass is 32.2. The van der Waals surface area contributed by atoms with Crippen LogP contribution in [0.4, 0.5) is 4.79 Å². The number of carbonyl (C=O) groups is 1. The summed E-state index contributed by atoms with van der Waals surface area (Å²) in [5.41, 5.74) is 0.946. The topological polar surface area (TPSA) is 75.7 Å². The summed E-state index contributed by atoms with van der Waals surface area (Å²) in [4.78, 5) is 13.8. The fourth-order valence-electron chi connectivity index (χ4n) is 3.88. The molecule has 1 aromatic rings. The number of sulfone groups is 1. The van der Waals surface area contributed by atoms with Gasteiger partial charge in [-0.2, -0.15) is 0 Å². The molecule has 0 spiro atoms. The lowest BCUT2D eigenvalue weighted by atomic mass is 9.96. The molecule has 3 rings (SSSR count). The minimum atomic E-state index is -3.09. The van der Waals surface area contributed by atoms with Crippen molar-refractivity contribution in [2.45, 2.75) is 44.0 Å². The largest absolute Gasteiger partial charge is 0.445 e. The van der Waals surface area contributed by atoms with E-state index < -0.39 is 9.84 Å². The van der Waals surface area contributed by atoms with Crippen molar-refractivity contribution in [1.82, 2.24) is 10.2 Å². The molecule has 2 aliphatic heterocycles. The highest BCUT2D eigenvalue weighted by Gasteiger charge is 2.32. The SMILES string of the molecule is O=C(OCc1ccccc1)N1CCC(S(=O)(=O)CCC2CCNCC2)CC1. The van der Waals surface area contributed by atoms with Crippen LogP contribution < -0.4 is 5.32 Å². The fraction of sp³-hybridized carbons (Fsp3) is 0.650. The molecule has 27 heavy (non-hydrogen) atoms. The maximum absolute atomic E-state index is 12.7. The minimum Gasteiger partial charge on any atom is -0.445 e. The normalized spacial score (nSPS) is 19.8. The average molecular weight is 395 g/mol. The zero-order valence-electron chi connectivity index (χ0n) is 15.8. The summed E-state index contributed by atoms with van der Waals surface area (Å²) < 4.78 is 30.7. The van der Waals surface area contributed by atoms with Crippen molar-refractivity contribution < 1.29 is 17.9 Å². The molecule has 2 heterocycles. The van der Waals surface area contributed by atoms with Gasteiger partial charge in [-0.25, -0.2) is 13.2 Å². The van der Waals surface area contributed by atoms with Gasteiger partial charge in [0.05, 0.1) is 11.0 Å². The fourth-order valence-corrected chi connectivity index (χ4v) is 5.80. The maximum Gasteiger partial charge on any atom is 0.410 e. The molecule has 0 bridgehead atoms. The van der Waals surface area contributed by atoms with E-state index in [1.54, 1.807) is 4.90 Å². The Bertz CT molecular complexity index is 694. The van der Waals surface area contributed by atoms with E-state index in [0.717, 1.165) is 37.9 Å². The summed E-state index contributed by atoms with van der Waals surface area (Å²) in [6.45, 7) is 3.13. The lowest BCUT2D eigenvalue weighted by molar-refractivity contribution is 0.0897. The van der Waals surface area contributed by atoms with Gasteiger partial charge in [-0.1, -0.05) is 30.3 Å². The first-order chi connectivity index (χ1) is 13.0. The lowest BCUT2D eigenvalue weighted by Gasteiger charge is -2.31.